The summed E-state index contributed by atoms with van der Waals surface area (Å²) in [5, 5.41) is 2.01. The number of nitrogen functional groups attached to an aromatic ring is 1. The molecule has 0 fully saturated rings. The summed E-state index contributed by atoms with van der Waals surface area (Å²) in [6.07, 6.45) is 1.71. The Morgan fingerprint density at radius 1 is 1.00 bits per heavy atom. The van der Waals surface area contributed by atoms with Crippen molar-refractivity contribution in [3.8, 4) is 21.8 Å². The fourth-order valence-corrected chi connectivity index (χ4v) is 2.46. The van der Waals surface area contributed by atoms with Gasteiger partial charge >= 0.3 is 0 Å². The van der Waals surface area contributed by atoms with Gasteiger partial charge < -0.3 is 5.73 Å². The molecule has 0 saturated heterocycles. The molecule has 0 aliphatic rings. The van der Waals surface area contributed by atoms with Gasteiger partial charge in [0.15, 0.2) is 5.82 Å². The molecule has 2 heterocycles. The van der Waals surface area contributed by atoms with Crippen LogP contribution >= 0.6 is 11.3 Å². The molecule has 2 aromatic heterocycles. The third-order valence-corrected chi connectivity index (χ3v) is 3.50. The van der Waals surface area contributed by atoms with Crippen LogP contribution in [0, 0.1) is 0 Å². The SMILES string of the molecule is Nc1ncc(-c2ccccc2)nc1-c1cccs1. The van der Waals surface area contributed by atoms with Crippen LogP contribution in [0.1, 0.15) is 0 Å². The van der Waals surface area contributed by atoms with Gasteiger partial charge in [0.25, 0.3) is 0 Å². The van der Waals surface area contributed by atoms with Crippen LogP contribution < -0.4 is 5.73 Å². The minimum atomic E-state index is 0.470. The summed E-state index contributed by atoms with van der Waals surface area (Å²) >= 11 is 1.61. The average Bonchev–Trinajstić information content (AvgIpc) is 2.94. The maximum Gasteiger partial charge on any atom is 0.150 e. The zero-order chi connectivity index (χ0) is 12.4. The number of nitrogens with two attached hydrogens (primary N) is 1. The first-order chi connectivity index (χ1) is 8.84. The smallest absolute Gasteiger partial charge is 0.150 e. The molecule has 3 nitrogen and oxygen atoms in total. The van der Waals surface area contributed by atoms with Crippen LogP contribution in [0.2, 0.25) is 0 Å². The number of anilines is 1. The second kappa shape index (κ2) is 4.58. The van der Waals surface area contributed by atoms with E-state index < -0.39 is 0 Å². The molecule has 3 aromatic rings. The lowest BCUT2D eigenvalue weighted by molar-refractivity contribution is 1.22. The molecule has 0 saturated carbocycles. The molecule has 0 unspecified atom stereocenters. The Kier molecular flexibility index (Phi) is 2.78. The number of thiophene rings is 1. The van der Waals surface area contributed by atoms with Gasteiger partial charge in [-0.3, -0.25) is 0 Å². The predicted molar refractivity (Wildman–Crippen MR) is 75.2 cm³/mol. The predicted octanol–water partition coefficient (Wildman–Crippen LogP) is 3.45. The van der Waals surface area contributed by atoms with E-state index in [0.29, 0.717) is 5.82 Å². The third-order valence-electron chi connectivity index (χ3n) is 2.62. The molecule has 0 radical (unpaired) electrons. The first-order valence-corrected chi connectivity index (χ1v) is 6.44. The number of hydrogen-bond acceptors (Lipinski definition) is 4. The minimum absolute atomic E-state index is 0.470. The Morgan fingerprint density at radius 2 is 1.83 bits per heavy atom. The summed E-state index contributed by atoms with van der Waals surface area (Å²) in [6.45, 7) is 0. The number of hydrogen-bond donors (Lipinski definition) is 1. The normalized spacial score (nSPS) is 10.4. The first kappa shape index (κ1) is 10.9. The van der Waals surface area contributed by atoms with Crippen molar-refractivity contribution in [2.75, 3.05) is 5.73 Å². The largest absolute Gasteiger partial charge is 0.382 e. The van der Waals surface area contributed by atoms with Gasteiger partial charge in [0, 0.05) is 5.56 Å². The molecule has 2 N–H and O–H groups in total. The van der Waals surface area contributed by atoms with Gasteiger partial charge in [0.05, 0.1) is 16.8 Å². The van der Waals surface area contributed by atoms with Crippen LogP contribution in [-0.4, -0.2) is 9.97 Å². The summed E-state index contributed by atoms with van der Waals surface area (Å²) in [4.78, 5) is 9.88. The molecule has 88 valence electrons. The van der Waals surface area contributed by atoms with E-state index in [1.807, 2.05) is 47.8 Å². The third kappa shape index (κ3) is 1.98. The summed E-state index contributed by atoms with van der Waals surface area (Å²) in [6, 6.07) is 14.0. The highest BCUT2D eigenvalue weighted by atomic mass is 32.1. The molecule has 18 heavy (non-hydrogen) atoms. The highest BCUT2D eigenvalue weighted by Crippen LogP contribution is 2.28. The summed E-state index contributed by atoms with van der Waals surface area (Å²) in [7, 11) is 0. The van der Waals surface area contributed by atoms with Crippen molar-refractivity contribution in [2.24, 2.45) is 0 Å². The van der Waals surface area contributed by atoms with Gasteiger partial charge in [-0.25, -0.2) is 9.97 Å². The van der Waals surface area contributed by atoms with Crippen LogP contribution in [0.5, 0.6) is 0 Å². The Balaban J connectivity index is 2.12. The van der Waals surface area contributed by atoms with Gasteiger partial charge in [-0.15, -0.1) is 11.3 Å². The van der Waals surface area contributed by atoms with E-state index in [9.17, 15) is 0 Å². The highest BCUT2D eigenvalue weighted by molar-refractivity contribution is 7.13. The van der Waals surface area contributed by atoms with Gasteiger partial charge in [-0.05, 0) is 11.4 Å². The maximum atomic E-state index is 5.89. The second-order valence-corrected chi connectivity index (χ2v) is 4.78. The van der Waals surface area contributed by atoms with Crippen LogP contribution in [0.15, 0.2) is 54.0 Å². The van der Waals surface area contributed by atoms with Crippen LogP contribution in [0.4, 0.5) is 5.82 Å². The molecule has 0 spiro atoms. The standard InChI is InChI=1S/C14H11N3S/c15-14-13(12-7-4-8-18-12)17-11(9-16-14)10-5-2-1-3-6-10/h1-9H,(H2,15,16). The van der Waals surface area contributed by atoms with Gasteiger partial charge in [0.1, 0.15) is 5.69 Å². The maximum absolute atomic E-state index is 5.89. The summed E-state index contributed by atoms with van der Waals surface area (Å²) < 4.78 is 0. The Bertz CT molecular complexity index is 648. The molecule has 0 aliphatic heterocycles. The van der Waals surface area contributed by atoms with Gasteiger partial charge in [0.2, 0.25) is 0 Å². The molecule has 0 atom stereocenters. The molecule has 1 aromatic carbocycles. The quantitative estimate of drug-likeness (QED) is 0.761. The Labute approximate surface area is 109 Å². The van der Waals surface area contributed by atoms with Crippen LogP contribution in [-0.2, 0) is 0 Å². The first-order valence-electron chi connectivity index (χ1n) is 5.56. The number of benzene rings is 1. The zero-order valence-corrected chi connectivity index (χ0v) is 10.4. The van der Waals surface area contributed by atoms with Crippen molar-refractivity contribution in [1.82, 2.24) is 9.97 Å². The number of nitrogens with zero attached hydrogens (tertiary/aromatic N) is 2. The van der Waals surface area contributed by atoms with Gasteiger partial charge in [-0.2, -0.15) is 0 Å². The highest BCUT2D eigenvalue weighted by Gasteiger charge is 2.09. The van der Waals surface area contributed by atoms with E-state index in [4.69, 9.17) is 5.73 Å². The Hall–Kier alpha value is -2.20. The van der Waals surface area contributed by atoms with Gasteiger partial charge in [-0.1, -0.05) is 36.4 Å². The number of aromatic nitrogens is 2. The average molecular weight is 253 g/mol. The Morgan fingerprint density at radius 3 is 2.56 bits per heavy atom. The fraction of sp³-hybridized carbons (Fsp3) is 0. The molecular formula is C14H11N3S. The topological polar surface area (TPSA) is 51.8 Å². The van der Waals surface area contributed by atoms with Crippen molar-refractivity contribution >= 4 is 17.2 Å². The lowest BCUT2D eigenvalue weighted by Crippen LogP contribution is -1.97. The van der Waals surface area contributed by atoms with Crippen LogP contribution in [0.3, 0.4) is 0 Å². The molecule has 0 bridgehead atoms. The monoisotopic (exact) mass is 253 g/mol. The zero-order valence-electron chi connectivity index (χ0n) is 9.58. The lowest BCUT2D eigenvalue weighted by atomic mass is 10.1. The summed E-state index contributed by atoms with van der Waals surface area (Å²) in [5.74, 6) is 0.470. The van der Waals surface area contributed by atoms with E-state index in [-0.39, 0.29) is 0 Å². The van der Waals surface area contributed by atoms with E-state index >= 15 is 0 Å². The minimum Gasteiger partial charge on any atom is -0.382 e. The van der Waals surface area contributed by atoms with Crippen molar-refractivity contribution < 1.29 is 0 Å². The lowest BCUT2D eigenvalue weighted by Gasteiger charge is -2.05. The van der Waals surface area contributed by atoms with Crippen molar-refractivity contribution in [2.45, 2.75) is 0 Å². The molecular weight excluding hydrogens is 242 g/mol. The molecule has 3 rings (SSSR count). The molecule has 0 aliphatic carbocycles. The number of rotatable bonds is 2. The molecule has 0 amide bonds. The van der Waals surface area contributed by atoms with Crippen molar-refractivity contribution in [1.29, 1.82) is 0 Å². The van der Waals surface area contributed by atoms with Crippen LogP contribution in [0.25, 0.3) is 21.8 Å². The fourth-order valence-electron chi connectivity index (χ4n) is 1.74. The molecule has 4 heteroatoms. The van der Waals surface area contributed by atoms with Crippen molar-refractivity contribution in [3.05, 3.63) is 54.0 Å². The second-order valence-electron chi connectivity index (χ2n) is 3.83. The van der Waals surface area contributed by atoms with E-state index in [0.717, 1.165) is 21.8 Å². The van der Waals surface area contributed by atoms with E-state index in [1.165, 1.54) is 0 Å². The van der Waals surface area contributed by atoms with E-state index in [1.54, 1.807) is 17.5 Å². The van der Waals surface area contributed by atoms with E-state index in [2.05, 4.69) is 9.97 Å². The summed E-state index contributed by atoms with van der Waals surface area (Å²) in [5.41, 5.74) is 8.53. The van der Waals surface area contributed by atoms with Crippen molar-refractivity contribution in [3.63, 3.8) is 0 Å².